The van der Waals surface area contributed by atoms with Crippen molar-refractivity contribution < 1.29 is 14.6 Å². The van der Waals surface area contributed by atoms with Crippen LogP contribution in [0, 0.1) is 0 Å². The molecule has 1 aromatic rings. The molecule has 0 bridgehead atoms. The molecule has 6 heteroatoms. The molecule has 134 valence electrons. The van der Waals surface area contributed by atoms with Crippen molar-refractivity contribution in [2.24, 2.45) is 5.10 Å². The van der Waals surface area contributed by atoms with E-state index < -0.39 is 0 Å². The topological polar surface area (TPSA) is 70.9 Å². The number of unbranched alkanes of at least 4 members (excludes halogenated alkanes) is 5. The number of phenolic OH excluding ortho intramolecular Hbond substituents is 1. The molecule has 0 saturated carbocycles. The second-order valence-electron chi connectivity index (χ2n) is 5.59. The zero-order chi connectivity index (χ0) is 17.8. The summed E-state index contributed by atoms with van der Waals surface area (Å²) in [5.74, 6) is 0.359. The van der Waals surface area contributed by atoms with Gasteiger partial charge in [-0.15, -0.1) is 0 Å². The highest BCUT2D eigenvalue weighted by atomic mass is 79.9. The molecule has 0 aromatic heterocycles. The van der Waals surface area contributed by atoms with Crippen molar-refractivity contribution in [2.45, 2.75) is 58.8 Å². The molecular formula is C18H27BrN2O3. The summed E-state index contributed by atoms with van der Waals surface area (Å²) in [4.78, 5) is 11.7. The quantitative estimate of drug-likeness (QED) is 0.320. The van der Waals surface area contributed by atoms with Gasteiger partial charge >= 0.3 is 0 Å². The second kappa shape index (κ2) is 11.9. The Morgan fingerprint density at radius 2 is 1.96 bits per heavy atom. The first-order valence-corrected chi connectivity index (χ1v) is 9.35. The molecule has 5 nitrogen and oxygen atoms in total. The van der Waals surface area contributed by atoms with Gasteiger partial charge in [0.25, 0.3) is 0 Å². The minimum absolute atomic E-state index is 0.0566. The molecular weight excluding hydrogens is 372 g/mol. The maximum atomic E-state index is 11.7. The molecule has 0 saturated heterocycles. The minimum atomic E-state index is -0.0791. The highest BCUT2D eigenvalue weighted by Crippen LogP contribution is 2.34. The molecule has 1 aromatic carbocycles. The average molecular weight is 399 g/mol. The van der Waals surface area contributed by atoms with Gasteiger partial charge in [-0.2, -0.15) is 5.10 Å². The van der Waals surface area contributed by atoms with E-state index in [0.29, 0.717) is 23.2 Å². The number of carbonyl (C=O) groups excluding carboxylic acids is 1. The van der Waals surface area contributed by atoms with Crippen LogP contribution in [-0.2, 0) is 4.79 Å². The van der Waals surface area contributed by atoms with E-state index in [0.717, 1.165) is 18.4 Å². The van der Waals surface area contributed by atoms with Crippen LogP contribution in [0.4, 0.5) is 0 Å². The molecule has 24 heavy (non-hydrogen) atoms. The number of nitrogens with zero attached hydrogens (tertiary/aromatic N) is 1. The van der Waals surface area contributed by atoms with Crippen molar-refractivity contribution in [3.63, 3.8) is 0 Å². The molecule has 0 aliphatic rings. The lowest BCUT2D eigenvalue weighted by Gasteiger charge is -2.08. The van der Waals surface area contributed by atoms with Gasteiger partial charge in [-0.1, -0.05) is 39.0 Å². The number of benzene rings is 1. The third kappa shape index (κ3) is 7.81. The second-order valence-corrected chi connectivity index (χ2v) is 6.45. The number of amides is 1. The Labute approximate surface area is 152 Å². The van der Waals surface area contributed by atoms with Gasteiger partial charge in [0, 0.05) is 6.42 Å². The van der Waals surface area contributed by atoms with Gasteiger partial charge in [0.15, 0.2) is 11.5 Å². The molecule has 1 rings (SSSR count). The Hall–Kier alpha value is -1.56. The Balaban J connectivity index is 2.39. The van der Waals surface area contributed by atoms with Crippen LogP contribution in [0.5, 0.6) is 11.5 Å². The number of ether oxygens (including phenoxy) is 1. The fourth-order valence-electron chi connectivity index (χ4n) is 2.23. The van der Waals surface area contributed by atoms with Crippen molar-refractivity contribution in [1.82, 2.24) is 5.43 Å². The maximum absolute atomic E-state index is 11.7. The average Bonchev–Trinajstić information content (AvgIpc) is 2.55. The van der Waals surface area contributed by atoms with Crippen LogP contribution in [-0.4, -0.2) is 23.8 Å². The Morgan fingerprint density at radius 3 is 2.67 bits per heavy atom. The van der Waals surface area contributed by atoms with E-state index in [2.05, 4.69) is 33.4 Å². The first-order chi connectivity index (χ1) is 11.6. The fraction of sp³-hybridized carbons (Fsp3) is 0.556. The van der Waals surface area contributed by atoms with Crippen molar-refractivity contribution in [3.05, 3.63) is 22.2 Å². The molecule has 0 heterocycles. The molecule has 0 unspecified atom stereocenters. The number of hydrogen-bond donors (Lipinski definition) is 2. The lowest BCUT2D eigenvalue weighted by molar-refractivity contribution is -0.121. The normalized spacial score (nSPS) is 11.0. The summed E-state index contributed by atoms with van der Waals surface area (Å²) < 4.78 is 5.87. The zero-order valence-electron chi connectivity index (χ0n) is 14.5. The standard InChI is InChI=1S/C18H27BrN2O3/c1-3-5-6-7-8-9-10-17(22)21-20-13-14-11-15(19)18(23)16(12-14)24-4-2/h11-13,23H,3-10H2,1-2H3,(H,21,22)/b20-13+. The van der Waals surface area contributed by atoms with Crippen LogP contribution in [0.25, 0.3) is 0 Å². The fourth-order valence-corrected chi connectivity index (χ4v) is 2.69. The van der Waals surface area contributed by atoms with E-state index in [1.165, 1.54) is 31.9 Å². The first kappa shape index (κ1) is 20.5. The van der Waals surface area contributed by atoms with Crippen LogP contribution < -0.4 is 10.2 Å². The Kier molecular flexibility index (Phi) is 10.2. The summed E-state index contributed by atoms with van der Waals surface area (Å²) in [6.45, 7) is 4.49. The third-order valence-corrected chi connectivity index (χ3v) is 4.12. The molecule has 2 N–H and O–H groups in total. The van der Waals surface area contributed by atoms with Crippen molar-refractivity contribution in [2.75, 3.05) is 6.61 Å². The smallest absolute Gasteiger partial charge is 0.240 e. The van der Waals surface area contributed by atoms with Crippen molar-refractivity contribution in [3.8, 4) is 11.5 Å². The van der Waals surface area contributed by atoms with E-state index >= 15 is 0 Å². The summed E-state index contributed by atoms with van der Waals surface area (Å²) in [7, 11) is 0. The molecule has 0 atom stereocenters. The van der Waals surface area contributed by atoms with E-state index in [1.807, 2.05) is 6.92 Å². The van der Waals surface area contributed by atoms with Crippen LogP contribution in [0.15, 0.2) is 21.7 Å². The summed E-state index contributed by atoms with van der Waals surface area (Å²) in [6, 6.07) is 3.38. The SMILES string of the molecule is CCCCCCCCC(=O)N/N=C/c1cc(Br)c(O)c(OCC)c1. The van der Waals surface area contributed by atoms with Gasteiger partial charge < -0.3 is 9.84 Å². The highest BCUT2D eigenvalue weighted by molar-refractivity contribution is 9.10. The Bertz CT molecular complexity index is 547. The zero-order valence-corrected chi connectivity index (χ0v) is 16.1. The van der Waals surface area contributed by atoms with Crippen molar-refractivity contribution >= 4 is 28.1 Å². The summed E-state index contributed by atoms with van der Waals surface area (Å²) in [5.41, 5.74) is 3.26. The predicted octanol–water partition coefficient (Wildman–Crippen LogP) is 4.75. The number of carbonyl (C=O) groups is 1. The van der Waals surface area contributed by atoms with Gasteiger partial charge in [0.2, 0.25) is 5.91 Å². The van der Waals surface area contributed by atoms with Gasteiger partial charge in [-0.05, 0) is 47.0 Å². The predicted molar refractivity (Wildman–Crippen MR) is 101 cm³/mol. The third-order valence-electron chi connectivity index (χ3n) is 3.51. The largest absolute Gasteiger partial charge is 0.503 e. The molecule has 1 amide bonds. The number of hydrazone groups is 1. The lowest BCUT2D eigenvalue weighted by atomic mass is 10.1. The molecule has 0 spiro atoms. The van der Waals surface area contributed by atoms with Gasteiger partial charge in [-0.25, -0.2) is 5.43 Å². The number of halogens is 1. The highest BCUT2D eigenvalue weighted by Gasteiger charge is 2.08. The first-order valence-electron chi connectivity index (χ1n) is 8.55. The van der Waals surface area contributed by atoms with Crippen LogP contribution in [0.3, 0.4) is 0 Å². The van der Waals surface area contributed by atoms with Gasteiger partial charge in [-0.3, -0.25) is 4.79 Å². The van der Waals surface area contributed by atoms with E-state index in [4.69, 9.17) is 4.74 Å². The number of aromatic hydroxyl groups is 1. The molecule has 0 aliphatic carbocycles. The summed E-state index contributed by atoms with van der Waals surface area (Å²) >= 11 is 3.27. The molecule has 0 aliphatic heterocycles. The maximum Gasteiger partial charge on any atom is 0.240 e. The molecule has 0 fully saturated rings. The lowest BCUT2D eigenvalue weighted by Crippen LogP contribution is -2.16. The number of hydrogen-bond acceptors (Lipinski definition) is 4. The molecule has 0 radical (unpaired) electrons. The van der Waals surface area contributed by atoms with Gasteiger partial charge in [0.1, 0.15) is 0 Å². The Morgan fingerprint density at radius 1 is 1.25 bits per heavy atom. The minimum Gasteiger partial charge on any atom is -0.503 e. The van der Waals surface area contributed by atoms with E-state index in [-0.39, 0.29) is 11.7 Å². The monoisotopic (exact) mass is 398 g/mol. The van der Waals surface area contributed by atoms with E-state index in [1.54, 1.807) is 12.1 Å². The van der Waals surface area contributed by atoms with E-state index in [9.17, 15) is 9.90 Å². The van der Waals surface area contributed by atoms with Crippen LogP contribution in [0.1, 0.15) is 64.4 Å². The number of nitrogens with one attached hydrogen (secondary N) is 1. The number of rotatable bonds is 11. The van der Waals surface area contributed by atoms with Crippen LogP contribution in [0.2, 0.25) is 0 Å². The van der Waals surface area contributed by atoms with Gasteiger partial charge in [0.05, 0.1) is 17.3 Å². The summed E-state index contributed by atoms with van der Waals surface area (Å²) in [5, 5.41) is 13.8. The van der Waals surface area contributed by atoms with Crippen LogP contribution >= 0.6 is 15.9 Å². The summed E-state index contributed by atoms with van der Waals surface area (Å²) in [6.07, 6.45) is 8.93. The number of phenols is 1. The van der Waals surface area contributed by atoms with Crippen molar-refractivity contribution in [1.29, 1.82) is 0 Å².